The molecule has 4 aromatic rings. The molecule has 160 valence electrons. The molecule has 7 heteroatoms. The van der Waals surface area contributed by atoms with Crippen LogP contribution in [0.3, 0.4) is 0 Å². The van der Waals surface area contributed by atoms with Gasteiger partial charge in [-0.2, -0.15) is 5.10 Å². The van der Waals surface area contributed by atoms with Crippen molar-refractivity contribution in [2.45, 2.75) is 32.2 Å². The van der Waals surface area contributed by atoms with Crippen molar-refractivity contribution in [1.29, 1.82) is 0 Å². The van der Waals surface area contributed by atoms with E-state index in [0.717, 1.165) is 55.1 Å². The SMILES string of the molecule is COc1cc(F)ccc1-c1ccc2nc(C3CCN(Cc4sccc4C)CC3)nn2c1. The maximum Gasteiger partial charge on any atom is 0.155 e. The number of likely N-dealkylation sites (tertiary alicyclic amines) is 1. The Balaban J connectivity index is 1.32. The van der Waals surface area contributed by atoms with Crippen molar-refractivity contribution in [2.75, 3.05) is 20.2 Å². The lowest BCUT2D eigenvalue weighted by molar-refractivity contribution is 0.203. The fourth-order valence-electron chi connectivity index (χ4n) is 4.25. The molecular weight excluding hydrogens is 411 g/mol. The normalized spacial score (nSPS) is 15.6. The number of benzene rings is 1. The number of pyridine rings is 1. The van der Waals surface area contributed by atoms with Gasteiger partial charge in [-0.05, 0) is 74.1 Å². The van der Waals surface area contributed by atoms with E-state index in [-0.39, 0.29) is 5.82 Å². The van der Waals surface area contributed by atoms with E-state index in [0.29, 0.717) is 11.7 Å². The molecule has 1 saturated heterocycles. The van der Waals surface area contributed by atoms with E-state index in [9.17, 15) is 4.39 Å². The van der Waals surface area contributed by atoms with Crippen molar-refractivity contribution >= 4 is 17.0 Å². The second kappa shape index (κ2) is 8.40. The molecule has 0 saturated carbocycles. The molecule has 4 heterocycles. The Kier molecular flexibility index (Phi) is 5.46. The van der Waals surface area contributed by atoms with Crippen molar-refractivity contribution in [3.05, 3.63) is 70.1 Å². The predicted octanol–water partition coefficient (Wildman–Crippen LogP) is 5.29. The van der Waals surface area contributed by atoms with Crippen LogP contribution in [0.1, 0.15) is 35.0 Å². The van der Waals surface area contributed by atoms with Crippen LogP contribution in [0.4, 0.5) is 4.39 Å². The van der Waals surface area contributed by atoms with Gasteiger partial charge in [-0.1, -0.05) is 0 Å². The van der Waals surface area contributed by atoms with Gasteiger partial charge in [0.05, 0.1) is 7.11 Å². The Bertz CT molecular complexity index is 1210. The zero-order valence-electron chi connectivity index (χ0n) is 17.7. The largest absolute Gasteiger partial charge is 0.496 e. The van der Waals surface area contributed by atoms with E-state index < -0.39 is 0 Å². The Morgan fingerprint density at radius 1 is 1.16 bits per heavy atom. The first-order chi connectivity index (χ1) is 15.1. The molecule has 1 fully saturated rings. The van der Waals surface area contributed by atoms with Crippen LogP contribution >= 0.6 is 11.3 Å². The number of hydrogen-bond acceptors (Lipinski definition) is 5. The fourth-order valence-corrected chi connectivity index (χ4v) is 5.20. The van der Waals surface area contributed by atoms with Crippen LogP contribution in [0, 0.1) is 12.7 Å². The minimum absolute atomic E-state index is 0.315. The topological polar surface area (TPSA) is 42.7 Å². The van der Waals surface area contributed by atoms with Gasteiger partial charge < -0.3 is 4.74 Å². The molecule has 1 aliphatic rings. The summed E-state index contributed by atoms with van der Waals surface area (Å²) >= 11 is 1.85. The van der Waals surface area contributed by atoms with Crippen molar-refractivity contribution in [2.24, 2.45) is 0 Å². The van der Waals surface area contributed by atoms with Gasteiger partial charge >= 0.3 is 0 Å². The number of thiophene rings is 1. The number of nitrogens with zero attached hydrogens (tertiary/aromatic N) is 4. The number of methoxy groups -OCH3 is 1. The average molecular weight is 437 g/mol. The summed E-state index contributed by atoms with van der Waals surface area (Å²) in [6, 6.07) is 10.7. The number of aryl methyl sites for hydroxylation is 1. The first kappa shape index (κ1) is 20.2. The molecule has 0 atom stereocenters. The molecule has 0 radical (unpaired) electrons. The minimum atomic E-state index is -0.315. The third-order valence-electron chi connectivity index (χ3n) is 6.11. The van der Waals surface area contributed by atoms with E-state index >= 15 is 0 Å². The van der Waals surface area contributed by atoms with Crippen molar-refractivity contribution in [3.63, 3.8) is 0 Å². The first-order valence-electron chi connectivity index (χ1n) is 10.6. The third-order valence-corrected chi connectivity index (χ3v) is 7.12. The monoisotopic (exact) mass is 436 g/mol. The molecule has 0 unspecified atom stereocenters. The Morgan fingerprint density at radius 2 is 2.00 bits per heavy atom. The van der Waals surface area contributed by atoms with Gasteiger partial charge in [-0.15, -0.1) is 11.3 Å². The number of rotatable bonds is 5. The second-order valence-electron chi connectivity index (χ2n) is 8.11. The third kappa shape index (κ3) is 4.07. The number of halogens is 1. The lowest BCUT2D eigenvalue weighted by Gasteiger charge is -2.30. The molecule has 0 amide bonds. The molecule has 0 spiro atoms. The van der Waals surface area contributed by atoms with Gasteiger partial charge in [-0.3, -0.25) is 4.90 Å². The minimum Gasteiger partial charge on any atom is -0.496 e. The fraction of sp³-hybridized carbons (Fsp3) is 0.333. The van der Waals surface area contributed by atoms with Crippen LogP contribution in [0.25, 0.3) is 16.8 Å². The highest BCUT2D eigenvalue weighted by molar-refractivity contribution is 7.10. The van der Waals surface area contributed by atoms with Crippen LogP contribution in [-0.2, 0) is 6.54 Å². The zero-order chi connectivity index (χ0) is 21.4. The van der Waals surface area contributed by atoms with Crippen LogP contribution in [0.15, 0.2) is 48.0 Å². The molecule has 5 nitrogen and oxygen atoms in total. The number of aromatic nitrogens is 3. The Hall–Kier alpha value is -2.77. The van der Waals surface area contributed by atoms with Gasteiger partial charge in [0.15, 0.2) is 11.5 Å². The maximum absolute atomic E-state index is 13.6. The van der Waals surface area contributed by atoms with Gasteiger partial charge in [0, 0.05) is 40.7 Å². The first-order valence-corrected chi connectivity index (χ1v) is 11.4. The summed E-state index contributed by atoms with van der Waals surface area (Å²) in [5.41, 5.74) is 3.97. The maximum atomic E-state index is 13.6. The van der Waals surface area contributed by atoms with E-state index in [1.165, 1.54) is 22.6 Å². The van der Waals surface area contributed by atoms with Crippen LogP contribution in [0.2, 0.25) is 0 Å². The van der Waals surface area contributed by atoms with E-state index in [1.807, 2.05) is 34.2 Å². The van der Waals surface area contributed by atoms with Crippen LogP contribution < -0.4 is 4.74 Å². The summed E-state index contributed by atoms with van der Waals surface area (Å²) in [5.74, 6) is 1.48. The lowest BCUT2D eigenvalue weighted by atomic mass is 9.96. The van der Waals surface area contributed by atoms with Gasteiger partial charge in [0.1, 0.15) is 11.6 Å². The number of ether oxygens (including phenoxy) is 1. The molecule has 0 N–H and O–H groups in total. The van der Waals surface area contributed by atoms with E-state index in [2.05, 4.69) is 23.3 Å². The molecule has 1 aromatic carbocycles. The Morgan fingerprint density at radius 3 is 2.74 bits per heavy atom. The Labute approximate surface area is 185 Å². The highest BCUT2D eigenvalue weighted by Gasteiger charge is 2.24. The van der Waals surface area contributed by atoms with E-state index in [4.69, 9.17) is 14.8 Å². The number of fused-ring (bicyclic) bond motifs is 1. The zero-order valence-corrected chi connectivity index (χ0v) is 18.5. The highest BCUT2D eigenvalue weighted by atomic mass is 32.1. The molecule has 5 rings (SSSR count). The van der Waals surface area contributed by atoms with Crippen LogP contribution in [0.5, 0.6) is 5.75 Å². The predicted molar refractivity (Wildman–Crippen MR) is 121 cm³/mol. The highest BCUT2D eigenvalue weighted by Crippen LogP contribution is 2.32. The van der Waals surface area contributed by atoms with Crippen molar-refractivity contribution in [1.82, 2.24) is 19.5 Å². The van der Waals surface area contributed by atoms with Gasteiger partial charge in [0.25, 0.3) is 0 Å². The van der Waals surface area contributed by atoms with E-state index in [1.54, 1.807) is 13.2 Å². The summed E-state index contributed by atoms with van der Waals surface area (Å²) < 4.78 is 20.7. The van der Waals surface area contributed by atoms with Crippen molar-refractivity contribution in [3.8, 4) is 16.9 Å². The van der Waals surface area contributed by atoms with Gasteiger partial charge in [-0.25, -0.2) is 13.9 Å². The average Bonchev–Trinajstić information content (AvgIpc) is 3.39. The molecule has 31 heavy (non-hydrogen) atoms. The smallest absolute Gasteiger partial charge is 0.155 e. The summed E-state index contributed by atoms with van der Waals surface area (Å²) in [6.07, 6.45) is 4.08. The number of hydrogen-bond donors (Lipinski definition) is 0. The lowest BCUT2D eigenvalue weighted by Crippen LogP contribution is -2.32. The molecule has 3 aromatic heterocycles. The quantitative estimate of drug-likeness (QED) is 0.426. The molecule has 1 aliphatic heterocycles. The summed E-state index contributed by atoms with van der Waals surface area (Å²) in [5, 5.41) is 6.96. The summed E-state index contributed by atoms with van der Waals surface area (Å²) in [4.78, 5) is 8.78. The molecular formula is C24H25FN4OS. The van der Waals surface area contributed by atoms with Crippen molar-refractivity contribution < 1.29 is 9.13 Å². The van der Waals surface area contributed by atoms with Crippen LogP contribution in [-0.4, -0.2) is 39.7 Å². The standard InChI is InChI=1S/C24H25FN4OS/c1-16-9-12-31-22(16)15-28-10-7-17(8-11-28)24-26-23-6-3-18(14-29(23)27-24)20-5-4-19(25)13-21(20)30-2/h3-6,9,12-14,17H,7-8,10-11,15H2,1-2H3. The summed E-state index contributed by atoms with van der Waals surface area (Å²) in [7, 11) is 1.55. The van der Waals surface area contributed by atoms with Gasteiger partial charge in [0.2, 0.25) is 0 Å². The summed E-state index contributed by atoms with van der Waals surface area (Å²) in [6.45, 7) is 5.36. The second-order valence-corrected chi connectivity index (χ2v) is 9.11. The molecule has 0 aliphatic carbocycles. The molecule has 0 bridgehead atoms. The number of piperidine rings is 1.